The molecule has 6 N–H and O–H groups in total. The van der Waals surface area contributed by atoms with Crippen molar-refractivity contribution in [3.8, 4) is 0 Å². The van der Waals surface area contributed by atoms with E-state index in [-0.39, 0.29) is 0 Å². The molecule has 0 amide bonds. The Bertz CT molecular complexity index is 422. The molecule has 0 radical (unpaired) electrons. The topological polar surface area (TPSA) is 208 Å². The second-order valence-corrected chi connectivity index (χ2v) is 5.43. The normalized spacial score (nSPS) is 18.5. The molecule has 0 saturated carbocycles. The van der Waals surface area contributed by atoms with Gasteiger partial charge in [0.2, 0.25) is 0 Å². The summed E-state index contributed by atoms with van der Waals surface area (Å²) in [6.07, 6.45) is -5.41. The number of carboxylic acid groups (broad SMARTS) is 1. The van der Waals surface area contributed by atoms with Crippen molar-refractivity contribution in [1.82, 2.24) is 0 Å². The predicted octanol–water partition coefficient (Wildman–Crippen LogP) is -2.45. The first-order valence-electron chi connectivity index (χ1n) is 3.78. The lowest BCUT2D eigenvalue weighted by atomic mass is 10.2. The van der Waals surface area contributed by atoms with E-state index in [1.165, 1.54) is 0 Å². The highest BCUT2D eigenvalue weighted by Crippen LogP contribution is 2.57. The highest BCUT2D eigenvalue weighted by molar-refractivity contribution is 7.61. The van der Waals surface area contributed by atoms with Gasteiger partial charge >= 0.3 is 27.6 Å². The van der Waals surface area contributed by atoms with Gasteiger partial charge in [-0.3, -0.25) is 4.89 Å². The van der Waals surface area contributed by atoms with Crippen LogP contribution >= 0.6 is 15.6 Å². The zero-order chi connectivity index (χ0) is 14.7. The molecule has 0 bridgehead atoms. The summed E-state index contributed by atoms with van der Waals surface area (Å²) in [5.74, 6) is -4.16. The van der Waals surface area contributed by atoms with Crippen LogP contribution in [0.4, 0.5) is 0 Å². The maximum atomic E-state index is 10.8. The average molecular weight is 310 g/mol. The number of carboxylic acids is 1. The van der Waals surface area contributed by atoms with Gasteiger partial charge in [0.1, 0.15) is 0 Å². The summed E-state index contributed by atoms with van der Waals surface area (Å²) >= 11 is 0. The number of hydrogen-bond donors (Lipinski definition) is 6. The standard InChI is InChI=1S/C4H8O12P2/c5-1(3(7)8)2(6)4(9)15-18(13,14)16-17(10,11)12/h1-2,5-6H,(H,7,8)(H,13,14)(H2,10,11,12). The van der Waals surface area contributed by atoms with E-state index in [0.717, 1.165) is 0 Å². The quantitative estimate of drug-likeness (QED) is 0.282. The molecular weight excluding hydrogens is 302 g/mol. The molecule has 0 heterocycles. The van der Waals surface area contributed by atoms with Gasteiger partial charge in [-0.2, -0.15) is 4.31 Å². The molecule has 0 spiro atoms. The minimum atomic E-state index is -5.57. The summed E-state index contributed by atoms with van der Waals surface area (Å²) in [4.78, 5) is 45.9. The number of aliphatic hydroxyl groups excluding tert-OH is 2. The van der Waals surface area contributed by atoms with E-state index < -0.39 is 39.8 Å². The summed E-state index contributed by atoms with van der Waals surface area (Å²) in [5.41, 5.74) is 0. The van der Waals surface area contributed by atoms with E-state index >= 15 is 0 Å². The minimum Gasteiger partial charge on any atom is -0.479 e. The zero-order valence-electron chi connectivity index (χ0n) is 8.18. The van der Waals surface area contributed by atoms with Crippen LogP contribution in [-0.2, 0) is 27.6 Å². The third kappa shape index (κ3) is 6.19. The molecule has 12 nitrogen and oxygen atoms in total. The Morgan fingerprint density at radius 2 is 1.44 bits per heavy atom. The Kier molecular flexibility index (Phi) is 5.59. The van der Waals surface area contributed by atoms with Gasteiger partial charge in [-0.15, -0.1) is 0 Å². The van der Waals surface area contributed by atoms with Gasteiger partial charge in [0.05, 0.1) is 0 Å². The molecule has 0 aliphatic carbocycles. The minimum absolute atomic E-state index is 2.04. The van der Waals surface area contributed by atoms with Crippen LogP contribution in [0.5, 0.6) is 0 Å². The molecule has 0 fully saturated rings. The lowest BCUT2D eigenvalue weighted by Crippen LogP contribution is -2.40. The Morgan fingerprint density at radius 1 is 1.00 bits per heavy atom. The van der Waals surface area contributed by atoms with Crippen molar-refractivity contribution in [3.05, 3.63) is 0 Å². The van der Waals surface area contributed by atoms with Crippen molar-refractivity contribution in [3.63, 3.8) is 0 Å². The molecule has 106 valence electrons. The lowest BCUT2D eigenvalue weighted by Gasteiger charge is -2.16. The number of aliphatic carboxylic acids is 1. The summed E-state index contributed by atoms with van der Waals surface area (Å²) in [6, 6.07) is 0. The Morgan fingerprint density at radius 3 is 1.78 bits per heavy atom. The van der Waals surface area contributed by atoms with Gasteiger partial charge in [0, 0.05) is 0 Å². The average Bonchev–Trinajstić information content (AvgIpc) is 2.10. The molecule has 3 unspecified atom stereocenters. The molecule has 0 aromatic rings. The third-order valence-electron chi connectivity index (χ3n) is 1.21. The van der Waals surface area contributed by atoms with Crippen LogP contribution in [0.25, 0.3) is 0 Å². The second kappa shape index (κ2) is 5.87. The molecule has 3 atom stereocenters. The number of rotatable bonds is 6. The highest BCUT2D eigenvalue weighted by atomic mass is 31.3. The van der Waals surface area contributed by atoms with Crippen molar-refractivity contribution in [1.29, 1.82) is 0 Å². The van der Waals surface area contributed by atoms with Gasteiger partial charge in [-0.25, -0.2) is 18.7 Å². The van der Waals surface area contributed by atoms with Gasteiger partial charge in [0.15, 0.2) is 12.2 Å². The van der Waals surface area contributed by atoms with Crippen molar-refractivity contribution in [2.45, 2.75) is 12.2 Å². The smallest absolute Gasteiger partial charge is 0.479 e. The SMILES string of the molecule is O=C(O)C(O)C(O)C(=O)OP(=O)(O)OP(=O)(O)O. The fraction of sp³-hybridized carbons (Fsp3) is 0.500. The Labute approximate surface area is 98.2 Å². The van der Waals surface area contributed by atoms with Gasteiger partial charge in [-0.1, -0.05) is 0 Å². The van der Waals surface area contributed by atoms with Crippen LogP contribution in [0.3, 0.4) is 0 Å². The number of carbonyl (C=O) groups excluding carboxylic acids is 1. The van der Waals surface area contributed by atoms with Gasteiger partial charge in [-0.05, 0) is 0 Å². The van der Waals surface area contributed by atoms with E-state index in [2.05, 4.69) is 8.83 Å². The van der Waals surface area contributed by atoms with Crippen LogP contribution in [-0.4, -0.2) is 54.1 Å². The van der Waals surface area contributed by atoms with Crippen LogP contribution in [0.2, 0.25) is 0 Å². The number of phosphoric ester groups is 1. The number of carbonyl (C=O) groups is 2. The molecule has 0 aromatic heterocycles. The molecule has 0 aromatic carbocycles. The molecule has 0 rings (SSSR count). The lowest BCUT2D eigenvalue weighted by molar-refractivity contribution is -0.164. The van der Waals surface area contributed by atoms with Crippen LogP contribution in [0.1, 0.15) is 0 Å². The van der Waals surface area contributed by atoms with Crippen LogP contribution < -0.4 is 0 Å². The van der Waals surface area contributed by atoms with Crippen LogP contribution in [0, 0.1) is 0 Å². The van der Waals surface area contributed by atoms with E-state index in [9.17, 15) is 18.7 Å². The fourth-order valence-electron chi connectivity index (χ4n) is 0.583. The summed E-state index contributed by atoms with van der Waals surface area (Å²) in [5, 5.41) is 25.7. The molecule has 0 aliphatic heterocycles. The molecular formula is C4H8O12P2. The zero-order valence-corrected chi connectivity index (χ0v) is 9.97. The molecule has 18 heavy (non-hydrogen) atoms. The predicted molar refractivity (Wildman–Crippen MR) is 48.7 cm³/mol. The first-order chi connectivity index (χ1) is 7.86. The van der Waals surface area contributed by atoms with Gasteiger partial charge in [0.25, 0.3) is 0 Å². The monoisotopic (exact) mass is 310 g/mol. The fourth-order valence-corrected chi connectivity index (χ4v) is 2.13. The summed E-state index contributed by atoms with van der Waals surface area (Å²) in [6.45, 7) is 0. The Hall–Kier alpha value is -0.840. The largest absolute Gasteiger partial charge is 0.538 e. The molecule has 14 heteroatoms. The first-order valence-corrected chi connectivity index (χ1v) is 6.80. The van der Waals surface area contributed by atoms with Crippen molar-refractivity contribution in [2.75, 3.05) is 0 Å². The maximum Gasteiger partial charge on any atom is 0.538 e. The molecule has 0 saturated heterocycles. The van der Waals surface area contributed by atoms with E-state index in [1.807, 2.05) is 0 Å². The number of aliphatic hydroxyl groups is 2. The van der Waals surface area contributed by atoms with E-state index in [4.69, 9.17) is 30.0 Å². The maximum absolute atomic E-state index is 10.8. The van der Waals surface area contributed by atoms with E-state index in [0.29, 0.717) is 0 Å². The summed E-state index contributed by atoms with van der Waals surface area (Å²) < 4.78 is 27.6. The number of hydrogen-bond acceptors (Lipinski definition) is 8. The highest BCUT2D eigenvalue weighted by Gasteiger charge is 2.40. The summed E-state index contributed by atoms with van der Waals surface area (Å²) in [7, 11) is -11.0. The van der Waals surface area contributed by atoms with Gasteiger partial charge < -0.3 is 29.6 Å². The van der Waals surface area contributed by atoms with Crippen LogP contribution in [0.15, 0.2) is 0 Å². The van der Waals surface area contributed by atoms with Crippen molar-refractivity contribution < 1.29 is 57.6 Å². The first kappa shape index (κ1) is 17.2. The van der Waals surface area contributed by atoms with Crippen molar-refractivity contribution >= 4 is 27.6 Å². The number of phosphoric acid groups is 2. The van der Waals surface area contributed by atoms with Crippen molar-refractivity contribution in [2.24, 2.45) is 0 Å². The molecule has 0 aliphatic rings. The second-order valence-electron chi connectivity index (χ2n) is 2.68. The Balaban J connectivity index is 4.71. The van der Waals surface area contributed by atoms with E-state index in [1.54, 1.807) is 0 Å². The third-order valence-corrected chi connectivity index (χ3v) is 3.30.